The van der Waals surface area contributed by atoms with Gasteiger partial charge in [0.15, 0.2) is 23.9 Å². The predicted molar refractivity (Wildman–Crippen MR) is 57.8 cm³/mol. The fourth-order valence-corrected chi connectivity index (χ4v) is 1.82. The largest absolute Gasteiger partial charge is 0.482 e. The van der Waals surface area contributed by atoms with E-state index in [4.69, 9.17) is 9.47 Å². The lowest BCUT2D eigenvalue weighted by atomic mass is 10.2. The van der Waals surface area contributed by atoms with E-state index in [-0.39, 0.29) is 6.61 Å². The Bertz CT molecular complexity index is 447. The molecule has 0 bridgehead atoms. The number of nitrogens with zero attached hydrogens (tertiary/aromatic N) is 1. The van der Waals surface area contributed by atoms with Crippen LogP contribution in [0.2, 0.25) is 0 Å². The van der Waals surface area contributed by atoms with Crippen LogP contribution in [-0.2, 0) is 0 Å². The zero-order chi connectivity index (χ0) is 11.0. The fraction of sp³-hybridized carbons (Fsp3) is 0.364. The molecule has 1 aromatic rings. The molecule has 2 N–H and O–H groups in total. The second-order valence-corrected chi connectivity index (χ2v) is 3.78. The molecule has 0 spiro atoms. The summed E-state index contributed by atoms with van der Waals surface area (Å²) in [4.78, 5) is 4.15. The lowest BCUT2D eigenvalue weighted by Gasteiger charge is -2.33. The number of nitrogens with one attached hydrogen (secondary N) is 1. The molecule has 0 radical (unpaired) electrons. The number of rotatable bonds is 1. The van der Waals surface area contributed by atoms with Gasteiger partial charge in [-0.2, -0.15) is 0 Å². The number of benzene rings is 1. The third kappa shape index (κ3) is 1.40. The maximum atomic E-state index is 10.3. The van der Waals surface area contributed by atoms with Gasteiger partial charge >= 0.3 is 5.79 Å². The zero-order valence-corrected chi connectivity index (χ0v) is 8.64. The van der Waals surface area contributed by atoms with E-state index in [0.29, 0.717) is 23.9 Å². The van der Waals surface area contributed by atoms with Crippen molar-refractivity contribution in [1.82, 2.24) is 5.32 Å². The van der Waals surface area contributed by atoms with E-state index in [1.165, 1.54) is 0 Å². The van der Waals surface area contributed by atoms with Crippen molar-refractivity contribution >= 4 is 5.84 Å². The van der Waals surface area contributed by atoms with Gasteiger partial charge < -0.3 is 19.9 Å². The van der Waals surface area contributed by atoms with Gasteiger partial charge in [-0.1, -0.05) is 12.1 Å². The second kappa shape index (κ2) is 3.38. The molecule has 3 rings (SSSR count). The van der Waals surface area contributed by atoms with Crippen LogP contribution in [0.4, 0.5) is 0 Å². The highest BCUT2D eigenvalue weighted by molar-refractivity contribution is 5.91. The number of para-hydroxylation sites is 2. The topological polar surface area (TPSA) is 63.1 Å². The Kier molecular flexibility index (Phi) is 2.00. The highest BCUT2D eigenvalue weighted by Gasteiger charge is 2.42. The molecule has 1 atom stereocenters. The maximum Gasteiger partial charge on any atom is 0.301 e. The minimum Gasteiger partial charge on any atom is -0.482 e. The van der Waals surface area contributed by atoms with Crippen LogP contribution in [0.15, 0.2) is 29.3 Å². The average molecular weight is 220 g/mol. The Hall–Kier alpha value is -1.75. The third-order valence-electron chi connectivity index (χ3n) is 2.60. The van der Waals surface area contributed by atoms with Crippen molar-refractivity contribution < 1.29 is 14.6 Å². The Morgan fingerprint density at radius 3 is 2.88 bits per heavy atom. The van der Waals surface area contributed by atoms with Crippen LogP contribution in [0.1, 0.15) is 0 Å². The van der Waals surface area contributed by atoms with Crippen molar-refractivity contribution in [3.8, 4) is 11.5 Å². The standard InChI is InChI=1S/C11H12N2O3/c14-11(10-12-5-6-13-10)7-15-8-3-1-2-4-9(8)16-11/h1-4,14H,5-7H2,(H,12,13). The molecular weight excluding hydrogens is 208 g/mol. The van der Waals surface area contributed by atoms with E-state index < -0.39 is 5.79 Å². The summed E-state index contributed by atoms with van der Waals surface area (Å²) in [5, 5.41) is 13.3. The van der Waals surface area contributed by atoms with Gasteiger partial charge in [-0.25, -0.2) is 0 Å². The van der Waals surface area contributed by atoms with Crippen LogP contribution >= 0.6 is 0 Å². The van der Waals surface area contributed by atoms with Crippen molar-refractivity contribution in [1.29, 1.82) is 0 Å². The van der Waals surface area contributed by atoms with E-state index in [1.54, 1.807) is 12.1 Å². The van der Waals surface area contributed by atoms with Gasteiger partial charge in [-0.15, -0.1) is 0 Å². The van der Waals surface area contributed by atoms with Crippen molar-refractivity contribution in [2.24, 2.45) is 4.99 Å². The summed E-state index contributed by atoms with van der Waals surface area (Å²) in [5.41, 5.74) is 0. The molecular formula is C11H12N2O3. The Morgan fingerprint density at radius 1 is 1.31 bits per heavy atom. The number of ether oxygens (including phenoxy) is 2. The predicted octanol–water partition coefficient (Wildman–Crippen LogP) is 0.148. The van der Waals surface area contributed by atoms with Crippen LogP contribution < -0.4 is 14.8 Å². The first-order chi connectivity index (χ1) is 7.78. The number of amidine groups is 1. The van der Waals surface area contributed by atoms with Crippen LogP contribution in [0.3, 0.4) is 0 Å². The van der Waals surface area contributed by atoms with Crippen LogP contribution in [-0.4, -0.2) is 36.4 Å². The molecule has 0 saturated carbocycles. The van der Waals surface area contributed by atoms with Gasteiger partial charge in [0.1, 0.15) is 0 Å². The Balaban J connectivity index is 1.91. The molecule has 1 unspecified atom stereocenters. The highest BCUT2D eigenvalue weighted by atomic mass is 16.7. The molecule has 0 aromatic heterocycles. The molecule has 84 valence electrons. The first-order valence-corrected chi connectivity index (χ1v) is 5.20. The number of aliphatic hydroxyl groups is 1. The lowest BCUT2D eigenvalue weighted by molar-refractivity contribution is -0.121. The van der Waals surface area contributed by atoms with Gasteiger partial charge in [0.2, 0.25) is 0 Å². The van der Waals surface area contributed by atoms with E-state index in [0.717, 1.165) is 6.54 Å². The molecule has 0 aliphatic carbocycles. The monoisotopic (exact) mass is 220 g/mol. The van der Waals surface area contributed by atoms with Gasteiger partial charge in [0.05, 0.1) is 6.54 Å². The Labute approximate surface area is 92.7 Å². The highest BCUT2D eigenvalue weighted by Crippen LogP contribution is 2.34. The number of aliphatic imine (C=N–C) groups is 1. The smallest absolute Gasteiger partial charge is 0.301 e. The molecule has 1 aromatic carbocycles. The molecule has 2 aliphatic rings. The zero-order valence-electron chi connectivity index (χ0n) is 8.64. The average Bonchev–Trinajstić information content (AvgIpc) is 2.83. The molecule has 2 heterocycles. The summed E-state index contributed by atoms with van der Waals surface area (Å²) < 4.78 is 11.0. The van der Waals surface area contributed by atoms with E-state index in [9.17, 15) is 5.11 Å². The van der Waals surface area contributed by atoms with Gasteiger partial charge in [0, 0.05) is 6.54 Å². The number of hydrogen-bond donors (Lipinski definition) is 2. The van der Waals surface area contributed by atoms with Crippen LogP contribution in [0.25, 0.3) is 0 Å². The van der Waals surface area contributed by atoms with Gasteiger partial charge in [-0.05, 0) is 12.1 Å². The van der Waals surface area contributed by atoms with E-state index >= 15 is 0 Å². The van der Waals surface area contributed by atoms with Crippen molar-refractivity contribution in [3.63, 3.8) is 0 Å². The van der Waals surface area contributed by atoms with E-state index in [2.05, 4.69) is 10.3 Å². The molecule has 0 fully saturated rings. The summed E-state index contributed by atoms with van der Waals surface area (Å²) in [5.74, 6) is 0.144. The van der Waals surface area contributed by atoms with Crippen molar-refractivity contribution in [2.75, 3.05) is 19.7 Å². The van der Waals surface area contributed by atoms with Gasteiger partial charge in [-0.3, -0.25) is 4.99 Å². The minimum absolute atomic E-state index is 0.0514. The molecule has 5 heteroatoms. The molecule has 5 nitrogen and oxygen atoms in total. The van der Waals surface area contributed by atoms with Gasteiger partial charge in [0.25, 0.3) is 0 Å². The minimum atomic E-state index is -1.48. The van der Waals surface area contributed by atoms with Crippen molar-refractivity contribution in [3.05, 3.63) is 24.3 Å². The normalized spacial score (nSPS) is 27.2. The summed E-state index contributed by atoms with van der Waals surface area (Å²) in [7, 11) is 0. The van der Waals surface area contributed by atoms with Crippen LogP contribution in [0, 0.1) is 0 Å². The molecule has 0 amide bonds. The first kappa shape index (κ1) is 9.47. The SMILES string of the molecule is OC1(C2=NCCN2)COc2ccccc2O1. The Morgan fingerprint density at radius 2 is 2.12 bits per heavy atom. The first-order valence-electron chi connectivity index (χ1n) is 5.20. The van der Waals surface area contributed by atoms with Crippen molar-refractivity contribution in [2.45, 2.75) is 5.79 Å². The fourth-order valence-electron chi connectivity index (χ4n) is 1.82. The quantitative estimate of drug-likeness (QED) is 0.707. The number of fused-ring (bicyclic) bond motifs is 1. The molecule has 0 saturated heterocycles. The maximum absolute atomic E-state index is 10.3. The second-order valence-electron chi connectivity index (χ2n) is 3.78. The van der Waals surface area contributed by atoms with Crippen LogP contribution in [0.5, 0.6) is 11.5 Å². The summed E-state index contributed by atoms with van der Waals surface area (Å²) in [6, 6.07) is 7.25. The number of hydrogen-bond acceptors (Lipinski definition) is 5. The lowest BCUT2D eigenvalue weighted by Crippen LogP contribution is -2.55. The molecule has 16 heavy (non-hydrogen) atoms. The summed E-state index contributed by atoms with van der Waals surface area (Å²) in [6.45, 7) is 1.43. The molecule has 2 aliphatic heterocycles. The summed E-state index contributed by atoms with van der Waals surface area (Å²) in [6.07, 6.45) is 0. The van der Waals surface area contributed by atoms with E-state index in [1.807, 2.05) is 12.1 Å². The third-order valence-corrected chi connectivity index (χ3v) is 2.60. The summed E-state index contributed by atoms with van der Waals surface area (Å²) >= 11 is 0.